The van der Waals surface area contributed by atoms with Gasteiger partial charge in [-0.05, 0) is 6.92 Å². The van der Waals surface area contributed by atoms with Crippen LogP contribution in [0.5, 0.6) is 0 Å². The van der Waals surface area contributed by atoms with Gasteiger partial charge in [0.1, 0.15) is 18.0 Å². The molecule has 8 heteroatoms. The van der Waals surface area contributed by atoms with Gasteiger partial charge in [-0.15, -0.1) is 10.2 Å². The normalized spacial score (nSPS) is 28.5. The highest BCUT2D eigenvalue weighted by Crippen LogP contribution is 2.28. The van der Waals surface area contributed by atoms with Crippen molar-refractivity contribution in [2.24, 2.45) is 0 Å². The summed E-state index contributed by atoms with van der Waals surface area (Å²) in [5.41, 5.74) is 5.36. The average Bonchev–Trinajstić information content (AvgIpc) is 2.65. The molecule has 94 valence electrons. The summed E-state index contributed by atoms with van der Waals surface area (Å²) in [6.45, 7) is 1.20. The number of aliphatic hydroxyl groups excluding tert-OH is 2. The zero-order valence-corrected chi connectivity index (χ0v) is 9.28. The SMILES string of the molecule is Cc1nnc(N)n([C@H]2C[C@H](O)[C@@H](CO)O2)c1=O. The summed E-state index contributed by atoms with van der Waals surface area (Å²) in [5, 5.41) is 25.8. The Morgan fingerprint density at radius 1 is 1.59 bits per heavy atom. The Morgan fingerprint density at radius 2 is 2.29 bits per heavy atom. The van der Waals surface area contributed by atoms with Crippen LogP contribution in [0.4, 0.5) is 5.95 Å². The van der Waals surface area contributed by atoms with E-state index in [1.165, 1.54) is 6.92 Å². The van der Waals surface area contributed by atoms with Gasteiger partial charge < -0.3 is 20.7 Å². The molecular formula is C9H14N4O4. The monoisotopic (exact) mass is 242 g/mol. The summed E-state index contributed by atoms with van der Waals surface area (Å²) in [6.07, 6.45) is -2.08. The summed E-state index contributed by atoms with van der Waals surface area (Å²) in [6, 6.07) is 0. The molecule has 0 unspecified atom stereocenters. The summed E-state index contributed by atoms with van der Waals surface area (Å²) >= 11 is 0. The van der Waals surface area contributed by atoms with Crippen molar-refractivity contribution in [3.8, 4) is 0 Å². The van der Waals surface area contributed by atoms with Crippen molar-refractivity contribution >= 4 is 5.95 Å². The van der Waals surface area contributed by atoms with Gasteiger partial charge in [0.05, 0.1) is 12.7 Å². The first kappa shape index (κ1) is 12.0. The molecule has 8 nitrogen and oxygen atoms in total. The Morgan fingerprint density at radius 3 is 2.88 bits per heavy atom. The van der Waals surface area contributed by atoms with Gasteiger partial charge in [-0.1, -0.05) is 0 Å². The third-order valence-corrected chi connectivity index (χ3v) is 2.75. The fraction of sp³-hybridized carbons (Fsp3) is 0.667. The first-order chi connectivity index (χ1) is 8.04. The van der Waals surface area contributed by atoms with E-state index >= 15 is 0 Å². The van der Waals surface area contributed by atoms with Gasteiger partial charge in [-0.2, -0.15) is 0 Å². The molecule has 0 spiro atoms. The number of aliphatic hydroxyl groups is 2. The van der Waals surface area contributed by atoms with Gasteiger partial charge >= 0.3 is 0 Å². The number of nitrogens with two attached hydrogens (primary N) is 1. The van der Waals surface area contributed by atoms with Gasteiger partial charge in [-0.25, -0.2) is 4.57 Å². The van der Waals surface area contributed by atoms with Crippen molar-refractivity contribution in [1.29, 1.82) is 0 Å². The van der Waals surface area contributed by atoms with E-state index in [-0.39, 0.29) is 24.7 Å². The van der Waals surface area contributed by atoms with E-state index in [1.54, 1.807) is 0 Å². The first-order valence-corrected chi connectivity index (χ1v) is 5.20. The van der Waals surface area contributed by atoms with Crippen molar-refractivity contribution < 1.29 is 14.9 Å². The van der Waals surface area contributed by atoms with Crippen LogP contribution in [0.3, 0.4) is 0 Å². The van der Waals surface area contributed by atoms with Crippen molar-refractivity contribution in [3.05, 3.63) is 16.0 Å². The fourth-order valence-corrected chi connectivity index (χ4v) is 1.81. The highest BCUT2D eigenvalue weighted by atomic mass is 16.5. The smallest absolute Gasteiger partial charge is 0.278 e. The Hall–Kier alpha value is -1.51. The summed E-state index contributed by atoms with van der Waals surface area (Å²) in [7, 11) is 0. The van der Waals surface area contributed by atoms with E-state index in [4.69, 9.17) is 15.6 Å². The molecule has 0 bridgehead atoms. The van der Waals surface area contributed by atoms with Gasteiger partial charge in [0.15, 0.2) is 0 Å². The predicted octanol–water partition coefficient (Wildman–Crippen LogP) is -1.83. The first-order valence-electron chi connectivity index (χ1n) is 5.20. The van der Waals surface area contributed by atoms with E-state index < -0.39 is 24.0 Å². The Kier molecular flexibility index (Phi) is 3.09. The molecular weight excluding hydrogens is 228 g/mol. The van der Waals surface area contributed by atoms with E-state index in [0.29, 0.717) is 0 Å². The third-order valence-electron chi connectivity index (χ3n) is 2.75. The maximum absolute atomic E-state index is 11.8. The van der Waals surface area contributed by atoms with Crippen LogP contribution in [-0.4, -0.2) is 43.8 Å². The molecule has 0 amide bonds. The lowest BCUT2D eigenvalue weighted by molar-refractivity contribution is -0.0451. The van der Waals surface area contributed by atoms with Crippen molar-refractivity contribution in [2.75, 3.05) is 12.3 Å². The van der Waals surface area contributed by atoms with Crippen molar-refractivity contribution in [2.45, 2.75) is 31.8 Å². The Balaban J connectivity index is 2.36. The molecule has 1 aromatic rings. The maximum Gasteiger partial charge on any atom is 0.278 e. The Labute approximate surface area is 96.7 Å². The van der Waals surface area contributed by atoms with Crippen LogP contribution in [-0.2, 0) is 4.74 Å². The quantitative estimate of drug-likeness (QED) is 0.557. The van der Waals surface area contributed by atoms with Crippen molar-refractivity contribution in [1.82, 2.24) is 14.8 Å². The number of nitrogen functional groups attached to an aromatic ring is 1. The average molecular weight is 242 g/mol. The van der Waals surface area contributed by atoms with Crippen LogP contribution >= 0.6 is 0 Å². The van der Waals surface area contributed by atoms with Crippen molar-refractivity contribution in [3.63, 3.8) is 0 Å². The number of rotatable bonds is 2. The van der Waals surface area contributed by atoms with Crippen LogP contribution in [0.25, 0.3) is 0 Å². The van der Waals surface area contributed by atoms with Crippen LogP contribution in [0.1, 0.15) is 18.3 Å². The fourth-order valence-electron chi connectivity index (χ4n) is 1.81. The highest BCUT2D eigenvalue weighted by molar-refractivity contribution is 5.16. The second-order valence-corrected chi connectivity index (χ2v) is 3.93. The van der Waals surface area contributed by atoms with Gasteiger partial charge in [0, 0.05) is 6.42 Å². The maximum atomic E-state index is 11.8. The molecule has 0 saturated carbocycles. The molecule has 2 rings (SSSR count). The third kappa shape index (κ3) is 2.02. The standard InChI is InChI=1S/C9H14N4O4/c1-4-8(16)13(9(10)12-11-4)7-2-5(15)6(3-14)17-7/h5-7,14-15H,2-3H2,1H3,(H2,10,12)/t5-,6+,7+/m0/s1. The van der Waals surface area contributed by atoms with E-state index in [9.17, 15) is 9.90 Å². The number of aromatic nitrogens is 3. The number of aryl methyl sites for hydroxylation is 1. The second-order valence-electron chi connectivity index (χ2n) is 3.93. The molecule has 1 saturated heterocycles. The number of hydrogen-bond acceptors (Lipinski definition) is 7. The summed E-state index contributed by atoms with van der Waals surface area (Å²) in [4.78, 5) is 11.8. The number of ether oxygens (including phenoxy) is 1. The molecule has 1 aliphatic rings. The molecule has 4 N–H and O–H groups in total. The highest BCUT2D eigenvalue weighted by Gasteiger charge is 2.36. The zero-order valence-electron chi connectivity index (χ0n) is 9.28. The Bertz CT molecular complexity index is 475. The minimum absolute atomic E-state index is 0.0728. The van der Waals surface area contributed by atoms with Crippen LogP contribution in [0.2, 0.25) is 0 Å². The molecule has 1 aromatic heterocycles. The number of hydrogen-bond donors (Lipinski definition) is 3. The van der Waals surface area contributed by atoms with Gasteiger partial charge in [-0.3, -0.25) is 4.79 Å². The van der Waals surface area contributed by atoms with Gasteiger partial charge in [0.2, 0.25) is 5.95 Å². The van der Waals surface area contributed by atoms with E-state index in [1.807, 2.05) is 0 Å². The molecule has 3 atom stereocenters. The molecule has 2 heterocycles. The molecule has 1 aliphatic heterocycles. The molecule has 0 aromatic carbocycles. The summed E-state index contributed by atoms with van der Waals surface area (Å²) in [5.74, 6) is -0.0728. The topological polar surface area (TPSA) is 123 Å². The van der Waals surface area contributed by atoms with Crippen LogP contribution in [0.15, 0.2) is 4.79 Å². The predicted molar refractivity (Wildman–Crippen MR) is 57.1 cm³/mol. The lowest BCUT2D eigenvalue weighted by atomic mass is 10.2. The minimum Gasteiger partial charge on any atom is -0.394 e. The number of nitrogens with zero attached hydrogens (tertiary/aromatic N) is 3. The lowest BCUT2D eigenvalue weighted by Crippen LogP contribution is -2.31. The zero-order chi connectivity index (χ0) is 12.6. The number of anilines is 1. The van der Waals surface area contributed by atoms with E-state index in [0.717, 1.165) is 4.57 Å². The summed E-state index contributed by atoms with van der Waals surface area (Å²) < 4.78 is 6.48. The molecule has 0 aliphatic carbocycles. The largest absolute Gasteiger partial charge is 0.394 e. The van der Waals surface area contributed by atoms with Crippen LogP contribution < -0.4 is 11.3 Å². The minimum atomic E-state index is -0.829. The van der Waals surface area contributed by atoms with Gasteiger partial charge in [0.25, 0.3) is 5.56 Å². The molecule has 0 radical (unpaired) electrons. The van der Waals surface area contributed by atoms with Crippen LogP contribution in [0, 0.1) is 6.92 Å². The molecule has 17 heavy (non-hydrogen) atoms. The lowest BCUT2D eigenvalue weighted by Gasteiger charge is -2.16. The second kappa shape index (κ2) is 4.40. The molecule has 1 fully saturated rings. The van der Waals surface area contributed by atoms with E-state index in [2.05, 4.69) is 10.2 Å².